The first kappa shape index (κ1) is 10.4. The van der Waals surface area contributed by atoms with E-state index < -0.39 is 17.2 Å². The normalized spacial score (nSPS) is 10.1. The first-order valence-corrected chi connectivity index (χ1v) is 4.08. The summed E-state index contributed by atoms with van der Waals surface area (Å²) in [5.74, 6) is -1.37. The summed E-state index contributed by atoms with van der Waals surface area (Å²) in [5.41, 5.74) is -1.26. The van der Waals surface area contributed by atoms with Gasteiger partial charge in [0, 0.05) is 0 Å². The second kappa shape index (κ2) is 3.57. The first-order valence-electron chi connectivity index (χ1n) is 2.95. The number of pyridine rings is 1. The Kier molecular flexibility index (Phi) is 2.85. The zero-order valence-electron chi connectivity index (χ0n) is 5.90. The van der Waals surface area contributed by atoms with Crippen molar-refractivity contribution in [1.29, 1.82) is 0 Å². The first-order chi connectivity index (χ1) is 5.95. The number of hydrogen-bond donors (Lipinski definition) is 2. The van der Waals surface area contributed by atoms with Crippen molar-refractivity contribution >= 4 is 40.8 Å². The average Bonchev–Trinajstić information content (AvgIpc) is 2.07. The number of carboxylic acid groups (broad SMARTS) is 1. The summed E-state index contributed by atoms with van der Waals surface area (Å²) < 4.78 is 0. The van der Waals surface area contributed by atoms with Gasteiger partial charge in [0.2, 0.25) is 0 Å². The van der Waals surface area contributed by atoms with Gasteiger partial charge in [-0.15, -0.1) is 0 Å². The van der Waals surface area contributed by atoms with Crippen LogP contribution in [0, 0.1) is 0 Å². The van der Waals surface area contributed by atoms with Crippen molar-refractivity contribution in [2.45, 2.75) is 0 Å². The van der Waals surface area contributed by atoms with E-state index in [2.05, 4.69) is 0 Å². The van der Waals surface area contributed by atoms with Gasteiger partial charge in [-0.2, -0.15) is 0 Å². The van der Waals surface area contributed by atoms with Gasteiger partial charge in [-0.1, -0.05) is 34.8 Å². The monoisotopic (exact) mass is 241 g/mol. The molecule has 0 fully saturated rings. The van der Waals surface area contributed by atoms with E-state index in [0.29, 0.717) is 0 Å². The van der Waals surface area contributed by atoms with Gasteiger partial charge in [0.1, 0.15) is 10.7 Å². The van der Waals surface area contributed by atoms with Crippen molar-refractivity contribution in [3.63, 3.8) is 0 Å². The van der Waals surface area contributed by atoms with Crippen LogP contribution in [0.1, 0.15) is 10.5 Å². The minimum atomic E-state index is -1.37. The molecule has 70 valence electrons. The highest BCUT2D eigenvalue weighted by molar-refractivity contribution is 6.48. The van der Waals surface area contributed by atoms with Gasteiger partial charge < -0.3 is 10.1 Å². The molecule has 0 saturated carbocycles. The van der Waals surface area contributed by atoms with Crippen molar-refractivity contribution in [3.05, 3.63) is 31.1 Å². The Hall–Kier alpha value is -0.710. The lowest BCUT2D eigenvalue weighted by Gasteiger charge is -2.01. The van der Waals surface area contributed by atoms with Crippen LogP contribution in [0.4, 0.5) is 0 Å². The second-order valence-electron chi connectivity index (χ2n) is 2.08. The summed E-state index contributed by atoms with van der Waals surface area (Å²) in [4.78, 5) is 23.4. The van der Waals surface area contributed by atoms with Crippen LogP contribution < -0.4 is 5.56 Å². The molecule has 4 nitrogen and oxygen atoms in total. The molecule has 1 aromatic rings. The fraction of sp³-hybridized carbons (Fsp3) is 0. The van der Waals surface area contributed by atoms with Gasteiger partial charge in [0.25, 0.3) is 5.56 Å². The number of hydrogen-bond acceptors (Lipinski definition) is 2. The average molecular weight is 242 g/mol. The van der Waals surface area contributed by atoms with E-state index in [-0.39, 0.29) is 15.1 Å². The fourth-order valence-corrected chi connectivity index (χ4v) is 1.27. The number of nitrogens with one attached hydrogen (secondary N) is 1. The minimum absolute atomic E-state index is 0.260. The Morgan fingerprint density at radius 2 is 1.69 bits per heavy atom. The van der Waals surface area contributed by atoms with Crippen LogP contribution in [0.15, 0.2) is 4.79 Å². The number of aromatic nitrogens is 1. The molecule has 0 amide bonds. The third-order valence-corrected chi connectivity index (χ3v) is 2.57. The largest absolute Gasteiger partial charge is 0.477 e. The SMILES string of the molecule is O=C(O)c1[nH]c(=O)c(Cl)c(Cl)c1Cl. The van der Waals surface area contributed by atoms with Crippen molar-refractivity contribution < 1.29 is 9.90 Å². The summed E-state index contributed by atoms with van der Waals surface area (Å²) in [6.45, 7) is 0. The molecule has 1 rings (SSSR count). The maximum absolute atomic E-state index is 10.9. The molecule has 0 atom stereocenters. The molecule has 1 heterocycles. The summed E-state index contributed by atoms with van der Waals surface area (Å²) >= 11 is 16.4. The maximum atomic E-state index is 10.9. The number of carboxylic acids is 1. The van der Waals surface area contributed by atoms with Crippen molar-refractivity contribution in [2.75, 3.05) is 0 Å². The van der Waals surface area contributed by atoms with Crippen LogP contribution in [0.5, 0.6) is 0 Å². The Labute approximate surface area is 87.0 Å². The standard InChI is InChI=1S/C6H2Cl3NO3/c7-1-2(8)4(6(12)13)10-5(11)3(1)9/h(H,10,11)(H,12,13). The molecule has 0 saturated heterocycles. The lowest BCUT2D eigenvalue weighted by Crippen LogP contribution is -2.14. The van der Waals surface area contributed by atoms with Crippen LogP contribution in [0.3, 0.4) is 0 Å². The van der Waals surface area contributed by atoms with Crippen LogP contribution in [0.2, 0.25) is 15.1 Å². The zero-order valence-corrected chi connectivity index (χ0v) is 8.17. The predicted molar refractivity (Wildman–Crippen MR) is 49.1 cm³/mol. The zero-order chi connectivity index (χ0) is 10.2. The molecule has 13 heavy (non-hydrogen) atoms. The lowest BCUT2D eigenvalue weighted by atomic mass is 10.3. The van der Waals surface area contributed by atoms with Crippen molar-refractivity contribution in [3.8, 4) is 0 Å². The third kappa shape index (κ3) is 1.80. The summed E-state index contributed by atoms with van der Waals surface area (Å²) in [7, 11) is 0. The van der Waals surface area contributed by atoms with E-state index in [1.165, 1.54) is 0 Å². The summed E-state index contributed by atoms with van der Waals surface area (Å²) in [6, 6.07) is 0. The molecule has 0 aromatic carbocycles. The topological polar surface area (TPSA) is 70.2 Å². The molecule has 1 aromatic heterocycles. The van der Waals surface area contributed by atoms with Gasteiger partial charge in [-0.25, -0.2) is 4.79 Å². The van der Waals surface area contributed by atoms with E-state index in [9.17, 15) is 9.59 Å². The molecule has 0 aliphatic carbocycles. The molecule has 0 aliphatic rings. The molecule has 7 heteroatoms. The van der Waals surface area contributed by atoms with E-state index >= 15 is 0 Å². The number of aromatic amines is 1. The minimum Gasteiger partial charge on any atom is -0.477 e. The van der Waals surface area contributed by atoms with Crippen LogP contribution in [0.25, 0.3) is 0 Å². The lowest BCUT2D eigenvalue weighted by molar-refractivity contribution is 0.0690. The predicted octanol–water partition coefficient (Wildman–Crippen LogP) is 2.03. The molecule has 0 aliphatic heterocycles. The number of H-pyrrole nitrogens is 1. The highest BCUT2D eigenvalue weighted by atomic mass is 35.5. The van der Waals surface area contributed by atoms with Gasteiger partial charge in [-0.05, 0) is 0 Å². The van der Waals surface area contributed by atoms with E-state index in [1.807, 2.05) is 4.98 Å². The molecule has 2 N–H and O–H groups in total. The molecular weight excluding hydrogens is 240 g/mol. The summed E-state index contributed by atoms with van der Waals surface area (Å²) in [5, 5.41) is 7.69. The molecule has 0 unspecified atom stereocenters. The highest BCUT2D eigenvalue weighted by Crippen LogP contribution is 2.28. The number of carbonyl (C=O) groups is 1. The van der Waals surface area contributed by atoms with Crippen LogP contribution >= 0.6 is 34.8 Å². The van der Waals surface area contributed by atoms with Gasteiger partial charge >= 0.3 is 5.97 Å². The van der Waals surface area contributed by atoms with Gasteiger partial charge in [0.05, 0.1) is 10.0 Å². The second-order valence-corrected chi connectivity index (χ2v) is 3.21. The molecule has 0 spiro atoms. The number of halogens is 3. The molecule has 0 bridgehead atoms. The third-order valence-electron chi connectivity index (χ3n) is 1.26. The Morgan fingerprint density at radius 1 is 1.15 bits per heavy atom. The van der Waals surface area contributed by atoms with Crippen molar-refractivity contribution in [2.24, 2.45) is 0 Å². The van der Waals surface area contributed by atoms with E-state index in [0.717, 1.165) is 0 Å². The number of aromatic carboxylic acids is 1. The van der Waals surface area contributed by atoms with Crippen LogP contribution in [-0.2, 0) is 0 Å². The van der Waals surface area contributed by atoms with Crippen molar-refractivity contribution in [1.82, 2.24) is 4.98 Å². The van der Waals surface area contributed by atoms with Gasteiger partial charge in [0.15, 0.2) is 0 Å². The Morgan fingerprint density at radius 3 is 2.15 bits per heavy atom. The molecular formula is C6H2Cl3NO3. The number of rotatable bonds is 1. The van der Waals surface area contributed by atoms with Crippen LogP contribution in [-0.4, -0.2) is 16.1 Å². The summed E-state index contributed by atoms with van der Waals surface area (Å²) in [6.07, 6.45) is 0. The van der Waals surface area contributed by atoms with Gasteiger partial charge in [-0.3, -0.25) is 4.79 Å². The Bertz CT molecular complexity index is 426. The van der Waals surface area contributed by atoms with E-state index in [4.69, 9.17) is 39.9 Å². The Balaban J connectivity index is 3.60. The maximum Gasteiger partial charge on any atom is 0.354 e. The fourth-order valence-electron chi connectivity index (χ4n) is 0.676. The molecule has 0 radical (unpaired) electrons. The quantitative estimate of drug-likeness (QED) is 0.791. The smallest absolute Gasteiger partial charge is 0.354 e. The van der Waals surface area contributed by atoms with E-state index in [1.54, 1.807) is 0 Å². The highest BCUT2D eigenvalue weighted by Gasteiger charge is 2.17.